The summed E-state index contributed by atoms with van der Waals surface area (Å²) in [6.45, 7) is 4.32. The Labute approximate surface area is 176 Å². The van der Waals surface area contributed by atoms with E-state index in [9.17, 15) is 8.42 Å². The number of anilines is 3. The standard InChI is InChI=1S/C20H24N6O3S/c1-14-4-9-18(22-13-14)25-19-12-15(2)24-20(26-19)21-10-11-23-30(27,28)17-7-5-16(29-3)6-8-17/h4-9,12-13,23H,10-11H2,1-3H3,(H2,21,22,24,25,26). The summed E-state index contributed by atoms with van der Waals surface area (Å²) in [5.74, 6) is 2.27. The van der Waals surface area contributed by atoms with Gasteiger partial charge in [0.2, 0.25) is 16.0 Å². The molecule has 30 heavy (non-hydrogen) atoms. The molecule has 0 saturated carbocycles. The molecule has 3 N–H and O–H groups in total. The number of aromatic nitrogens is 3. The summed E-state index contributed by atoms with van der Waals surface area (Å²) in [6, 6.07) is 11.8. The number of ether oxygens (including phenoxy) is 1. The van der Waals surface area contributed by atoms with Crippen molar-refractivity contribution in [2.45, 2.75) is 18.7 Å². The fourth-order valence-electron chi connectivity index (χ4n) is 2.58. The Bertz CT molecular complexity index is 1090. The first-order chi connectivity index (χ1) is 14.4. The smallest absolute Gasteiger partial charge is 0.240 e. The first-order valence-electron chi connectivity index (χ1n) is 9.29. The quantitative estimate of drug-likeness (QED) is 0.445. The van der Waals surface area contributed by atoms with E-state index in [1.165, 1.54) is 19.2 Å². The third kappa shape index (κ3) is 5.88. The molecule has 10 heteroatoms. The molecular weight excluding hydrogens is 404 g/mol. The maximum atomic E-state index is 12.4. The van der Waals surface area contributed by atoms with Crippen molar-refractivity contribution < 1.29 is 13.2 Å². The van der Waals surface area contributed by atoms with E-state index in [1.54, 1.807) is 24.4 Å². The molecule has 0 saturated heterocycles. The molecule has 0 fully saturated rings. The van der Waals surface area contributed by atoms with Gasteiger partial charge in [0.25, 0.3) is 0 Å². The number of rotatable bonds is 9. The van der Waals surface area contributed by atoms with Crippen LogP contribution in [0.2, 0.25) is 0 Å². The molecule has 3 aromatic rings. The summed E-state index contributed by atoms with van der Waals surface area (Å²) in [7, 11) is -2.08. The van der Waals surface area contributed by atoms with Crippen molar-refractivity contribution in [1.82, 2.24) is 19.7 Å². The van der Waals surface area contributed by atoms with Crippen LogP contribution in [0.25, 0.3) is 0 Å². The summed E-state index contributed by atoms with van der Waals surface area (Å²) in [5, 5.41) is 6.17. The van der Waals surface area contributed by atoms with Gasteiger partial charge in [0.05, 0.1) is 12.0 Å². The predicted octanol–water partition coefficient (Wildman–Crippen LogP) is 2.63. The maximum Gasteiger partial charge on any atom is 0.240 e. The number of hydrogen-bond donors (Lipinski definition) is 3. The number of nitrogens with one attached hydrogen (secondary N) is 3. The molecule has 158 valence electrons. The molecule has 0 amide bonds. The van der Waals surface area contributed by atoms with Gasteiger partial charge in [0.15, 0.2) is 0 Å². The number of aryl methyl sites for hydroxylation is 2. The minimum absolute atomic E-state index is 0.173. The summed E-state index contributed by atoms with van der Waals surface area (Å²) < 4.78 is 32.3. The molecule has 0 aliphatic carbocycles. The van der Waals surface area contributed by atoms with Gasteiger partial charge in [-0.25, -0.2) is 23.1 Å². The lowest BCUT2D eigenvalue weighted by Crippen LogP contribution is -2.29. The average Bonchev–Trinajstić information content (AvgIpc) is 2.73. The average molecular weight is 429 g/mol. The zero-order chi connectivity index (χ0) is 21.6. The van der Waals surface area contributed by atoms with E-state index >= 15 is 0 Å². The number of sulfonamides is 1. The minimum atomic E-state index is -3.61. The molecule has 2 heterocycles. The molecule has 0 aliphatic rings. The number of methoxy groups -OCH3 is 1. The Hall–Kier alpha value is -3.24. The molecule has 0 aliphatic heterocycles. The highest BCUT2D eigenvalue weighted by Gasteiger charge is 2.13. The first kappa shape index (κ1) is 21.5. The fourth-order valence-corrected chi connectivity index (χ4v) is 3.61. The summed E-state index contributed by atoms with van der Waals surface area (Å²) in [6.07, 6.45) is 1.77. The highest BCUT2D eigenvalue weighted by Crippen LogP contribution is 2.16. The van der Waals surface area contributed by atoms with Crippen molar-refractivity contribution >= 4 is 27.6 Å². The van der Waals surface area contributed by atoms with Gasteiger partial charge in [-0.15, -0.1) is 0 Å². The van der Waals surface area contributed by atoms with Gasteiger partial charge in [0.1, 0.15) is 17.4 Å². The monoisotopic (exact) mass is 428 g/mol. The second kappa shape index (κ2) is 9.51. The van der Waals surface area contributed by atoms with Crippen LogP contribution in [-0.2, 0) is 10.0 Å². The van der Waals surface area contributed by atoms with Gasteiger partial charge in [-0.1, -0.05) is 6.07 Å². The highest BCUT2D eigenvalue weighted by atomic mass is 32.2. The summed E-state index contributed by atoms with van der Waals surface area (Å²) >= 11 is 0. The predicted molar refractivity (Wildman–Crippen MR) is 116 cm³/mol. The van der Waals surface area contributed by atoms with Gasteiger partial charge >= 0.3 is 0 Å². The second-order valence-corrected chi connectivity index (χ2v) is 8.33. The molecule has 3 rings (SSSR count). The zero-order valence-corrected chi connectivity index (χ0v) is 17.8. The SMILES string of the molecule is COc1ccc(S(=O)(=O)NCCNc2nc(C)cc(Nc3ccc(C)cn3)n2)cc1. The van der Waals surface area contributed by atoms with Crippen LogP contribution in [0.3, 0.4) is 0 Å². The summed E-state index contributed by atoms with van der Waals surface area (Å²) in [5.41, 5.74) is 1.83. The normalized spacial score (nSPS) is 11.2. The molecule has 0 unspecified atom stereocenters. The zero-order valence-electron chi connectivity index (χ0n) is 17.0. The fraction of sp³-hybridized carbons (Fsp3) is 0.250. The molecule has 0 radical (unpaired) electrons. The minimum Gasteiger partial charge on any atom is -0.497 e. The van der Waals surface area contributed by atoms with Gasteiger partial charge < -0.3 is 15.4 Å². The Morgan fingerprint density at radius 1 is 0.967 bits per heavy atom. The van der Waals surface area contributed by atoms with Crippen molar-refractivity contribution in [2.75, 3.05) is 30.8 Å². The van der Waals surface area contributed by atoms with Crippen LogP contribution in [0.4, 0.5) is 17.6 Å². The molecule has 0 bridgehead atoms. The lowest BCUT2D eigenvalue weighted by atomic mass is 10.3. The Kier molecular flexibility index (Phi) is 6.80. The van der Waals surface area contributed by atoms with Crippen LogP contribution in [0.5, 0.6) is 5.75 Å². The largest absolute Gasteiger partial charge is 0.497 e. The molecule has 9 nitrogen and oxygen atoms in total. The number of nitrogens with zero attached hydrogens (tertiary/aromatic N) is 3. The Morgan fingerprint density at radius 2 is 1.73 bits per heavy atom. The van der Waals surface area contributed by atoms with Gasteiger partial charge in [-0.3, -0.25) is 0 Å². The second-order valence-electron chi connectivity index (χ2n) is 6.56. The van der Waals surface area contributed by atoms with Crippen LogP contribution in [0.1, 0.15) is 11.3 Å². The molecular formula is C20H24N6O3S. The van der Waals surface area contributed by atoms with E-state index < -0.39 is 10.0 Å². The Morgan fingerprint density at radius 3 is 2.40 bits per heavy atom. The molecule has 0 atom stereocenters. The van der Waals surface area contributed by atoms with E-state index in [4.69, 9.17) is 4.74 Å². The third-order valence-corrected chi connectivity index (χ3v) is 5.57. The van der Waals surface area contributed by atoms with E-state index in [-0.39, 0.29) is 11.4 Å². The summed E-state index contributed by atoms with van der Waals surface area (Å²) in [4.78, 5) is 13.2. The van der Waals surface area contributed by atoms with E-state index in [2.05, 4.69) is 30.3 Å². The van der Waals surface area contributed by atoms with Crippen LogP contribution >= 0.6 is 0 Å². The van der Waals surface area contributed by atoms with Crippen molar-refractivity contribution in [3.8, 4) is 5.75 Å². The Balaban J connectivity index is 1.56. The lowest BCUT2D eigenvalue weighted by molar-refractivity contribution is 0.414. The van der Waals surface area contributed by atoms with Gasteiger partial charge in [0, 0.05) is 31.0 Å². The van der Waals surface area contributed by atoms with Crippen LogP contribution in [0.15, 0.2) is 53.6 Å². The van der Waals surface area contributed by atoms with Crippen LogP contribution < -0.4 is 20.1 Å². The van der Waals surface area contributed by atoms with Crippen LogP contribution in [0, 0.1) is 13.8 Å². The van der Waals surface area contributed by atoms with Crippen molar-refractivity contribution in [1.29, 1.82) is 0 Å². The first-order valence-corrected chi connectivity index (χ1v) is 10.8. The third-order valence-electron chi connectivity index (χ3n) is 4.09. The number of pyridine rings is 1. The van der Waals surface area contributed by atoms with Crippen LogP contribution in [-0.4, -0.2) is 43.6 Å². The van der Waals surface area contributed by atoms with E-state index in [0.717, 1.165) is 11.3 Å². The highest BCUT2D eigenvalue weighted by molar-refractivity contribution is 7.89. The number of hydrogen-bond acceptors (Lipinski definition) is 8. The topological polar surface area (TPSA) is 118 Å². The molecule has 2 aromatic heterocycles. The van der Waals surface area contributed by atoms with Gasteiger partial charge in [-0.2, -0.15) is 4.98 Å². The van der Waals surface area contributed by atoms with Gasteiger partial charge in [-0.05, 0) is 49.7 Å². The molecule has 0 spiro atoms. The van der Waals surface area contributed by atoms with Crippen molar-refractivity contribution in [3.05, 3.63) is 59.9 Å². The maximum absolute atomic E-state index is 12.4. The van der Waals surface area contributed by atoms with E-state index in [0.29, 0.717) is 29.9 Å². The number of benzene rings is 1. The van der Waals surface area contributed by atoms with Crippen molar-refractivity contribution in [3.63, 3.8) is 0 Å². The van der Waals surface area contributed by atoms with E-state index in [1.807, 2.05) is 26.0 Å². The van der Waals surface area contributed by atoms with Crippen molar-refractivity contribution in [2.24, 2.45) is 0 Å². The molecule has 1 aromatic carbocycles. The lowest BCUT2D eigenvalue weighted by Gasteiger charge is -2.11.